The van der Waals surface area contributed by atoms with E-state index in [2.05, 4.69) is 5.32 Å². The van der Waals surface area contributed by atoms with Crippen molar-refractivity contribution in [3.05, 3.63) is 94.0 Å². The lowest BCUT2D eigenvalue weighted by atomic mass is 10.0. The highest BCUT2D eigenvalue weighted by Gasteiger charge is 2.34. The molecule has 7 heteroatoms. The second-order valence-electron chi connectivity index (χ2n) is 6.11. The number of nitrogens with zero attached hydrogens (tertiary/aromatic N) is 2. The van der Waals surface area contributed by atoms with E-state index in [1.54, 1.807) is 41.3 Å². The van der Waals surface area contributed by atoms with Crippen molar-refractivity contribution in [2.24, 2.45) is 0 Å². The Kier molecular flexibility index (Phi) is 3.97. The van der Waals surface area contributed by atoms with Crippen LogP contribution in [0.5, 0.6) is 5.75 Å². The van der Waals surface area contributed by atoms with Crippen molar-refractivity contribution in [2.45, 2.75) is 6.17 Å². The largest absolute Gasteiger partial charge is 0.502 e. The molecule has 0 aliphatic carbocycles. The summed E-state index contributed by atoms with van der Waals surface area (Å²) in [6.45, 7) is 0. The summed E-state index contributed by atoms with van der Waals surface area (Å²) in [6, 6.07) is 20.3. The number of anilines is 2. The van der Waals surface area contributed by atoms with Gasteiger partial charge in [-0.1, -0.05) is 36.4 Å². The Bertz CT molecular complexity index is 1040. The summed E-state index contributed by atoms with van der Waals surface area (Å²) < 4.78 is 0. The molecule has 1 amide bonds. The minimum atomic E-state index is -0.658. The van der Waals surface area contributed by atoms with Crippen LogP contribution in [0.1, 0.15) is 22.1 Å². The van der Waals surface area contributed by atoms with Gasteiger partial charge >= 0.3 is 5.69 Å². The molecular formula is C20H15N3O4. The lowest BCUT2D eigenvalue weighted by molar-refractivity contribution is -0.385. The Labute approximate surface area is 154 Å². The molecule has 7 nitrogen and oxygen atoms in total. The van der Waals surface area contributed by atoms with Crippen LogP contribution in [0.25, 0.3) is 0 Å². The van der Waals surface area contributed by atoms with E-state index in [1.807, 2.05) is 24.3 Å². The highest BCUT2D eigenvalue weighted by molar-refractivity contribution is 6.12. The number of benzene rings is 3. The summed E-state index contributed by atoms with van der Waals surface area (Å²) in [5.74, 6) is -0.631. The lowest BCUT2D eigenvalue weighted by Gasteiger charge is -2.38. The van der Waals surface area contributed by atoms with E-state index < -0.39 is 22.5 Å². The zero-order valence-electron chi connectivity index (χ0n) is 14.1. The van der Waals surface area contributed by atoms with Gasteiger partial charge in [-0.15, -0.1) is 0 Å². The molecule has 1 unspecified atom stereocenters. The van der Waals surface area contributed by atoms with Crippen LogP contribution in [0.15, 0.2) is 72.8 Å². The second-order valence-corrected chi connectivity index (χ2v) is 6.11. The van der Waals surface area contributed by atoms with Crippen LogP contribution in [-0.2, 0) is 0 Å². The topological polar surface area (TPSA) is 95.7 Å². The van der Waals surface area contributed by atoms with Gasteiger partial charge in [0, 0.05) is 23.0 Å². The molecule has 1 aliphatic heterocycles. The van der Waals surface area contributed by atoms with Crippen LogP contribution in [-0.4, -0.2) is 15.9 Å². The normalized spacial score (nSPS) is 15.8. The predicted molar refractivity (Wildman–Crippen MR) is 101 cm³/mol. The molecule has 1 aliphatic rings. The first kappa shape index (κ1) is 16.6. The van der Waals surface area contributed by atoms with Crippen molar-refractivity contribution >= 4 is 23.0 Å². The first-order chi connectivity index (χ1) is 13.1. The molecule has 0 spiro atoms. The number of nitro benzene ring substituents is 1. The van der Waals surface area contributed by atoms with E-state index in [4.69, 9.17) is 0 Å². The van der Waals surface area contributed by atoms with Crippen LogP contribution in [0.2, 0.25) is 0 Å². The number of phenols is 1. The van der Waals surface area contributed by atoms with Gasteiger partial charge in [0.2, 0.25) is 0 Å². The quantitative estimate of drug-likeness (QED) is 0.541. The van der Waals surface area contributed by atoms with E-state index in [0.717, 1.165) is 0 Å². The average Bonchev–Trinajstić information content (AvgIpc) is 2.69. The zero-order chi connectivity index (χ0) is 19.0. The molecule has 1 atom stereocenters. The number of hydrogen-bond donors (Lipinski definition) is 2. The molecule has 0 radical (unpaired) electrons. The minimum Gasteiger partial charge on any atom is -0.502 e. The Morgan fingerprint density at radius 2 is 1.70 bits per heavy atom. The number of nitrogens with one attached hydrogen (secondary N) is 1. The van der Waals surface area contributed by atoms with Crippen LogP contribution in [0, 0.1) is 10.1 Å². The number of aromatic hydroxyl groups is 1. The molecule has 0 fully saturated rings. The smallest absolute Gasteiger partial charge is 0.311 e. The first-order valence-corrected chi connectivity index (χ1v) is 8.28. The van der Waals surface area contributed by atoms with Gasteiger partial charge in [0.15, 0.2) is 5.75 Å². The number of para-hydroxylation sites is 2. The van der Waals surface area contributed by atoms with Gasteiger partial charge < -0.3 is 10.4 Å². The standard InChI is InChI=1S/C20H15N3O4/c24-18-11-10-13(12-17(18)23(26)27)19-21-16-9-5-4-8-15(16)20(25)22(19)14-6-2-1-3-7-14/h1-12,19,21,24H. The van der Waals surface area contributed by atoms with Crippen molar-refractivity contribution < 1.29 is 14.8 Å². The second kappa shape index (κ2) is 6.45. The lowest BCUT2D eigenvalue weighted by Crippen LogP contribution is -2.43. The Hall–Kier alpha value is -3.87. The Morgan fingerprint density at radius 1 is 1.00 bits per heavy atom. The van der Waals surface area contributed by atoms with Crippen molar-refractivity contribution in [2.75, 3.05) is 10.2 Å². The highest BCUT2D eigenvalue weighted by Crippen LogP contribution is 2.38. The molecule has 0 bridgehead atoms. The van der Waals surface area contributed by atoms with Crippen LogP contribution in [0.3, 0.4) is 0 Å². The summed E-state index contributed by atoms with van der Waals surface area (Å²) in [5, 5.41) is 24.2. The fraction of sp³-hybridized carbons (Fsp3) is 0.0500. The van der Waals surface area contributed by atoms with Crippen LogP contribution >= 0.6 is 0 Å². The number of phenolic OH excluding ortho intramolecular Hbond substituents is 1. The predicted octanol–water partition coefficient (Wildman–Crippen LogP) is 4.07. The zero-order valence-corrected chi connectivity index (χ0v) is 14.1. The van der Waals surface area contributed by atoms with E-state index >= 15 is 0 Å². The van der Waals surface area contributed by atoms with Gasteiger partial charge in [-0.25, -0.2) is 0 Å². The maximum absolute atomic E-state index is 13.2. The molecule has 3 aromatic carbocycles. The molecule has 4 rings (SSSR count). The molecule has 0 aromatic heterocycles. The maximum atomic E-state index is 13.2. The number of fused-ring (bicyclic) bond motifs is 1. The molecule has 3 aromatic rings. The van der Waals surface area contributed by atoms with Gasteiger partial charge in [0.05, 0.1) is 10.5 Å². The van der Waals surface area contributed by atoms with Crippen LogP contribution < -0.4 is 10.2 Å². The summed E-state index contributed by atoms with van der Waals surface area (Å²) in [6.07, 6.45) is -0.658. The van der Waals surface area contributed by atoms with Crippen LogP contribution in [0.4, 0.5) is 17.1 Å². The number of carbonyl (C=O) groups is 1. The third-order valence-electron chi connectivity index (χ3n) is 4.47. The van der Waals surface area contributed by atoms with Gasteiger partial charge in [0.1, 0.15) is 6.17 Å². The van der Waals surface area contributed by atoms with E-state index in [9.17, 15) is 20.0 Å². The van der Waals surface area contributed by atoms with E-state index in [-0.39, 0.29) is 5.91 Å². The van der Waals surface area contributed by atoms with Crippen molar-refractivity contribution in [3.63, 3.8) is 0 Å². The molecule has 0 saturated carbocycles. The van der Waals surface area contributed by atoms with E-state index in [1.165, 1.54) is 12.1 Å². The van der Waals surface area contributed by atoms with E-state index in [0.29, 0.717) is 22.5 Å². The third kappa shape index (κ3) is 2.85. The first-order valence-electron chi connectivity index (χ1n) is 8.28. The molecular weight excluding hydrogens is 346 g/mol. The average molecular weight is 361 g/mol. The minimum absolute atomic E-state index is 0.212. The fourth-order valence-electron chi connectivity index (χ4n) is 3.20. The van der Waals surface area contributed by atoms with Crippen molar-refractivity contribution in [1.29, 1.82) is 0 Å². The number of amides is 1. The summed E-state index contributed by atoms with van der Waals surface area (Å²) in [5.41, 5.74) is 1.91. The number of rotatable bonds is 3. The van der Waals surface area contributed by atoms with Crippen molar-refractivity contribution in [3.8, 4) is 5.75 Å². The fourth-order valence-corrected chi connectivity index (χ4v) is 3.20. The molecule has 134 valence electrons. The van der Waals surface area contributed by atoms with Gasteiger partial charge in [0.25, 0.3) is 5.91 Å². The summed E-state index contributed by atoms with van der Waals surface area (Å²) in [4.78, 5) is 25.3. The number of nitro groups is 1. The summed E-state index contributed by atoms with van der Waals surface area (Å²) >= 11 is 0. The van der Waals surface area contributed by atoms with Crippen molar-refractivity contribution in [1.82, 2.24) is 0 Å². The molecule has 1 heterocycles. The monoisotopic (exact) mass is 361 g/mol. The SMILES string of the molecule is O=C1c2ccccc2NC(c2ccc(O)c([N+](=O)[O-])c2)N1c1ccccc1. The van der Waals surface area contributed by atoms with Gasteiger partial charge in [-0.05, 0) is 30.3 Å². The molecule has 27 heavy (non-hydrogen) atoms. The molecule has 0 saturated heterocycles. The Balaban J connectivity index is 1.88. The number of carbonyl (C=O) groups excluding carboxylic acids is 1. The highest BCUT2D eigenvalue weighted by atomic mass is 16.6. The maximum Gasteiger partial charge on any atom is 0.311 e. The Morgan fingerprint density at radius 3 is 2.44 bits per heavy atom. The molecule has 2 N–H and O–H groups in total. The van der Waals surface area contributed by atoms with Gasteiger partial charge in [-0.2, -0.15) is 0 Å². The summed E-state index contributed by atoms with van der Waals surface area (Å²) in [7, 11) is 0. The van der Waals surface area contributed by atoms with Gasteiger partial charge in [-0.3, -0.25) is 19.8 Å². The third-order valence-corrected chi connectivity index (χ3v) is 4.47. The number of hydrogen-bond acceptors (Lipinski definition) is 5.